The number of rotatable bonds is 2. The third kappa shape index (κ3) is 2.11. The van der Waals surface area contributed by atoms with Gasteiger partial charge in [-0.25, -0.2) is 0 Å². The molecule has 2 unspecified atom stereocenters. The summed E-state index contributed by atoms with van der Waals surface area (Å²) in [6, 6.07) is 11.1. The smallest absolute Gasteiger partial charge is 0.0364 e. The van der Waals surface area contributed by atoms with E-state index in [4.69, 9.17) is 5.73 Å². The second-order valence-electron chi connectivity index (χ2n) is 5.24. The molecule has 94 valence electrons. The Labute approximate surface area is 113 Å². The fourth-order valence-corrected chi connectivity index (χ4v) is 4.00. The molecule has 1 aliphatic carbocycles. The topological polar surface area (TPSA) is 26.0 Å². The highest BCUT2D eigenvalue weighted by molar-refractivity contribution is 7.10. The lowest BCUT2D eigenvalue weighted by Gasteiger charge is -2.28. The van der Waals surface area contributed by atoms with Crippen LogP contribution in [0, 0.1) is 6.92 Å². The normalized spacial score (nSPS) is 20.4. The summed E-state index contributed by atoms with van der Waals surface area (Å²) < 4.78 is 0. The summed E-state index contributed by atoms with van der Waals surface area (Å²) in [5.41, 5.74) is 10.6. The maximum atomic E-state index is 6.52. The van der Waals surface area contributed by atoms with Gasteiger partial charge in [0.15, 0.2) is 0 Å². The van der Waals surface area contributed by atoms with Crippen LogP contribution in [0.2, 0.25) is 0 Å². The predicted molar refractivity (Wildman–Crippen MR) is 78.1 cm³/mol. The van der Waals surface area contributed by atoms with E-state index >= 15 is 0 Å². The number of nitrogens with two attached hydrogens (primary N) is 1. The van der Waals surface area contributed by atoms with E-state index in [1.807, 2.05) is 11.3 Å². The van der Waals surface area contributed by atoms with Crippen LogP contribution < -0.4 is 5.73 Å². The van der Waals surface area contributed by atoms with Crippen LogP contribution in [-0.4, -0.2) is 0 Å². The predicted octanol–water partition coefficient (Wildman–Crippen LogP) is 4.18. The van der Waals surface area contributed by atoms with Gasteiger partial charge in [-0.3, -0.25) is 0 Å². The average molecular weight is 257 g/mol. The van der Waals surface area contributed by atoms with Crippen LogP contribution in [-0.2, 0) is 6.42 Å². The van der Waals surface area contributed by atoms with Gasteiger partial charge in [0.05, 0.1) is 0 Å². The molecule has 0 bridgehead atoms. The van der Waals surface area contributed by atoms with Crippen LogP contribution in [0.25, 0.3) is 0 Å². The largest absolute Gasteiger partial charge is 0.323 e. The van der Waals surface area contributed by atoms with Gasteiger partial charge in [0.25, 0.3) is 0 Å². The van der Waals surface area contributed by atoms with Crippen molar-refractivity contribution in [2.75, 3.05) is 0 Å². The molecule has 0 fully saturated rings. The maximum Gasteiger partial charge on any atom is 0.0364 e. The van der Waals surface area contributed by atoms with E-state index in [1.54, 1.807) is 4.88 Å². The van der Waals surface area contributed by atoms with E-state index in [-0.39, 0.29) is 6.04 Å². The van der Waals surface area contributed by atoms with Crippen molar-refractivity contribution in [3.8, 4) is 0 Å². The summed E-state index contributed by atoms with van der Waals surface area (Å²) in [4.78, 5) is 1.55. The van der Waals surface area contributed by atoms with Crippen molar-refractivity contribution in [1.29, 1.82) is 0 Å². The van der Waals surface area contributed by atoms with Gasteiger partial charge in [-0.2, -0.15) is 0 Å². The third-order valence-corrected chi connectivity index (χ3v) is 4.96. The number of benzene rings is 1. The summed E-state index contributed by atoms with van der Waals surface area (Å²) in [6.45, 7) is 2.13. The van der Waals surface area contributed by atoms with Crippen LogP contribution in [0.1, 0.15) is 46.4 Å². The van der Waals surface area contributed by atoms with Gasteiger partial charge in [0, 0.05) is 16.8 Å². The Morgan fingerprint density at radius 1 is 1.33 bits per heavy atom. The first kappa shape index (κ1) is 11.9. The fourth-order valence-electron chi connectivity index (χ4n) is 3.00. The highest BCUT2D eigenvalue weighted by Gasteiger charge is 2.27. The van der Waals surface area contributed by atoms with Crippen LogP contribution >= 0.6 is 11.3 Å². The van der Waals surface area contributed by atoms with E-state index in [0.717, 1.165) is 0 Å². The highest BCUT2D eigenvalue weighted by Crippen LogP contribution is 2.41. The lowest BCUT2D eigenvalue weighted by molar-refractivity contribution is 0.479. The fraction of sp³-hybridized carbons (Fsp3) is 0.375. The minimum atomic E-state index is 0.138. The molecule has 0 aliphatic heterocycles. The van der Waals surface area contributed by atoms with Crippen LogP contribution in [0.15, 0.2) is 35.7 Å². The quantitative estimate of drug-likeness (QED) is 0.858. The molecule has 1 aliphatic rings. The molecule has 0 saturated carbocycles. The molecule has 2 N–H and O–H groups in total. The first-order chi connectivity index (χ1) is 8.75. The minimum Gasteiger partial charge on any atom is -0.323 e. The SMILES string of the molecule is Cc1cccc(C(N)C2CCCc3sccc32)c1. The average Bonchev–Trinajstić information content (AvgIpc) is 2.86. The first-order valence-electron chi connectivity index (χ1n) is 6.64. The van der Waals surface area contributed by atoms with E-state index in [1.165, 1.54) is 36.0 Å². The van der Waals surface area contributed by atoms with E-state index in [9.17, 15) is 0 Å². The molecule has 1 nitrogen and oxygen atoms in total. The van der Waals surface area contributed by atoms with Crippen molar-refractivity contribution in [3.05, 3.63) is 57.3 Å². The molecular weight excluding hydrogens is 238 g/mol. The molecule has 3 rings (SSSR count). The highest BCUT2D eigenvalue weighted by atomic mass is 32.1. The van der Waals surface area contributed by atoms with Gasteiger partial charge in [0.1, 0.15) is 0 Å². The van der Waals surface area contributed by atoms with E-state index < -0.39 is 0 Å². The third-order valence-electron chi connectivity index (χ3n) is 3.96. The minimum absolute atomic E-state index is 0.138. The first-order valence-corrected chi connectivity index (χ1v) is 7.52. The molecule has 0 amide bonds. The summed E-state index contributed by atoms with van der Waals surface area (Å²) in [5.74, 6) is 0.502. The van der Waals surface area contributed by atoms with Gasteiger partial charge in [-0.05, 0) is 48.8 Å². The summed E-state index contributed by atoms with van der Waals surface area (Å²) in [6.07, 6.45) is 3.74. The maximum absolute atomic E-state index is 6.52. The number of thiophene rings is 1. The second kappa shape index (κ2) is 4.87. The molecule has 0 saturated heterocycles. The van der Waals surface area contributed by atoms with Crippen LogP contribution in [0.3, 0.4) is 0 Å². The van der Waals surface area contributed by atoms with Crippen LogP contribution in [0.5, 0.6) is 0 Å². The Bertz CT molecular complexity index is 544. The molecule has 18 heavy (non-hydrogen) atoms. The van der Waals surface area contributed by atoms with E-state index in [0.29, 0.717) is 5.92 Å². The molecule has 0 radical (unpaired) electrons. The second-order valence-corrected chi connectivity index (χ2v) is 6.24. The van der Waals surface area contributed by atoms with Crippen molar-refractivity contribution in [3.63, 3.8) is 0 Å². The zero-order valence-corrected chi connectivity index (χ0v) is 11.5. The van der Waals surface area contributed by atoms with Gasteiger partial charge in [0.2, 0.25) is 0 Å². The zero-order valence-electron chi connectivity index (χ0n) is 10.7. The molecule has 1 aromatic carbocycles. The van der Waals surface area contributed by atoms with Gasteiger partial charge >= 0.3 is 0 Å². The monoisotopic (exact) mass is 257 g/mol. The summed E-state index contributed by atoms with van der Waals surface area (Å²) in [7, 11) is 0. The van der Waals surface area contributed by atoms with Crippen molar-refractivity contribution >= 4 is 11.3 Å². The van der Waals surface area contributed by atoms with Crippen molar-refractivity contribution in [1.82, 2.24) is 0 Å². The van der Waals surface area contributed by atoms with Crippen LogP contribution in [0.4, 0.5) is 0 Å². The van der Waals surface area contributed by atoms with Crippen molar-refractivity contribution in [2.24, 2.45) is 5.73 Å². The van der Waals surface area contributed by atoms with E-state index in [2.05, 4.69) is 42.6 Å². The molecule has 2 heteroatoms. The molecule has 2 aromatic rings. The number of hydrogen-bond acceptors (Lipinski definition) is 2. The molecule has 0 spiro atoms. The lowest BCUT2D eigenvalue weighted by Crippen LogP contribution is -2.22. The Balaban J connectivity index is 1.93. The van der Waals surface area contributed by atoms with Gasteiger partial charge in [-0.15, -0.1) is 11.3 Å². The van der Waals surface area contributed by atoms with Gasteiger partial charge < -0.3 is 5.73 Å². The lowest BCUT2D eigenvalue weighted by atomic mass is 9.80. The number of hydrogen-bond donors (Lipinski definition) is 1. The van der Waals surface area contributed by atoms with Gasteiger partial charge in [-0.1, -0.05) is 29.8 Å². The molecule has 1 heterocycles. The Kier molecular flexibility index (Phi) is 3.23. The molecular formula is C16H19NS. The Morgan fingerprint density at radius 3 is 3.06 bits per heavy atom. The number of fused-ring (bicyclic) bond motifs is 1. The molecule has 1 aromatic heterocycles. The van der Waals surface area contributed by atoms with Crippen molar-refractivity contribution < 1.29 is 0 Å². The zero-order chi connectivity index (χ0) is 12.5. The standard InChI is InChI=1S/C16H19NS/c1-11-4-2-5-12(10-11)16(17)14-6-3-7-15-13(14)8-9-18-15/h2,4-5,8-10,14,16H,3,6-7,17H2,1H3. The van der Waals surface area contributed by atoms with Crippen molar-refractivity contribution in [2.45, 2.75) is 38.1 Å². The number of aryl methyl sites for hydroxylation is 2. The molecule has 2 atom stereocenters. The summed E-state index contributed by atoms with van der Waals surface area (Å²) >= 11 is 1.89. The summed E-state index contributed by atoms with van der Waals surface area (Å²) in [5, 5.41) is 2.21. The Morgan fingerprint density at radius 2 is 2.22 bits per heavy atom. The Hall–Kier alpha value is -1.12.